The van der Waals surface area contributed by atoms with E-state index in [0.29, 0.717) is 29.2 Å². The van der Waals surface area contributed by atoms with Gasteiger partial charge < -0.3 is 14.8 Å². The molecule has 0 radical (unpaired) electrons. The molecule has 6 heteroatoms. The number of ether oxygens (including phenoxy) is 2. The van der Waals surface area contributed by atoms with Gasteiger partial charge in [-0.3, -0.25) is 4.79 Å². The Morgan fingerprint density at radius 2 is 1.63 bits per heavy atom. The number of hydrogen-bond donors (Lipinski definition) is 1. The number of carbonyl (C=O) groups excluding carboxylic acids is 2. The molecule has 3 aromatic carbocycles. The Kier molecular flexibility index (Phi) is 7.51. The third kappa shape index (κ3) is 5.64. The lowest BCUT2D eigenvalue weighted by atomic mass is 10.1. The lowest BCUT2D eigenvalue weighted by Gasteiger charge is -2.11. The predicted molar refractivity (Wildman–Crippen MR) is 119 cm³/mol. The van der Waals surface area contributed by atoms with Crippen LogP contribution >= 0.6 is 11.8 Å². The van der Waals surface area contributed by atoms with E-state index in [2.05, 4.69) is 5.32 Å². The Bertz CT molecular complexity index is 1000. The molecule has 0 bridgehead atoms. The van der Waals surface area contributed by atoms with Gasteiger partial charge in [0.05, 0.1) is 19.3 Å². The van der Waals surface area contributed by atoms with Crippen molar-refractivity contribution in [3.05, 3.63) is 89.5 Å². The zero-order valence-electron chi connectivity index (χ0n) is 16.9. The van der Waals surface area contributed by atoms with Crippen LogP contribution in [0, 0.1) is 0 Å². The molecule has 3 rings (SSSR count). The molecule has 0 aliphatic heterocycles. The lowest BCUT2D eigenvalue weighted by Crippen LogP contribution is -2.12. The number of hydrogen-bond acceptors (Lipinski definition) is 5. The van der Waals surface area contributed by atoms with Crippen molar-refractivity contribution in [1.82, 2.24) is 0 Å². The molecule has 0 saturated carbocycles. The van der Waals surface area contributed by atoms with Crippen molar-refractivity contribution in [2.24, 2.45) is 0 Å². The third-order valence-electron chi connectivity index (χ3n) is 4.33. The molecule has 0 fully saturated rings. The highest BCUT2D eigenvalue weighted by molar-refractivity contribution is 7.98. The van der Waals surface area contributed by atoms with Gasteiger partial charge in [-0.2, -0.15) is 0 Å². The predicted octanol–water partition coefficient (Wildman–Crippen LogP) is 5.42. The maximum absolute atomic E-state index is 12.7. The number of thioether (sulfide) groups is 1. The summed E-state index contributed by atoms with van der Waals surface area (Å²) in [4.78, 5) is 25.6. The Labute approximate surface area is 180 Å². The lowest BCUT2D eigenvalue weighted by molar-refractivity contribution is 0.0526. The van der Waals surface area contributed by atoms with Crippen LogP contribution in [0.4, 0.5) is 5.69 Å². The van der Waals surface area contributed by atoms with Crippen LogP contribution in [0.2, 0.25) is 0 Å². The first-order valence-electron chi connectivity index (χ1n) is 9.54. The molecule has 30 heavy (non-hydrogen) atoms. The first-order valence-corrected chi connectivity index (χ1v) is 10.5. The van der Waals surface area contributed by atoms with E-state index in [1.165, 1.54) is 0 Å². The largest absolute Gasteiger partial charge is 0.496 e. The van der Waals surface area contributed by atoms with Crippen molar-refractivity contribution >= 4 is 29.3 Å². The van der Waals surface area contributed by atoms with Gasteiger partial charge in [0.2, 0.25) is 0 Å². The van der Waals surface area contributed by atoms with Gasteiger partial charge in [0.15, 0.2) is 0 Å². The van der Waals surface area contributed by atoms with Crippen molar-refractivity contribution in [1.29, 1.82) is 0 Å². The second-order valence-corrected chi connectivity index (χ2v) is 7.43. The van der Waals surface area contributed by atoms with Gasteiger partial charge in [0.1, 0.15) is 5.75 Å². The third-order valence-corrected chi connectivity index (χ3v) is 5.39. The van der Waals surface area contributed by atoms with Gasteiger partial charge in [-0.1, -0.05) is 18.2 Å². The molecule has 0 unspecified atom stereocenters. The summed E-state index contributed by atoms with van der Waals surface area (Å²) in [5.41, 5.74) is 2.52. The average Bonchev–Trinajstić information content (AvgIpc) is 2.78. The second-order valence-electron chi connectivity index (χ2n) is 6.38. The van der Waals surface area contributed by atoms with Crippen molar-refractivity contribution < 1.29 is 19.1 Å². The number of benzene rings is 3. The second kappa shape index (κ2) is 10.5. The highest BCUT2D eigenvalue weighted by Gasteiger charge is 2.12. The van der Waals surface area contributed by atoms with E-state index in [4.69, 9.17) is 9.47 Å². The molecule has 0 atom stereocenters. The number of esters is 1. The highest BCUT2D eigenvalue weighted by atomic mass is 32.2. The SMILES string of the molecule is CCOC(=O)c1ccc(NC(=O)c2ccc(OC)c(CSc3ccccc3)c2)cc1. The molecule has 0 aliphatic carbocycles. The van der Waals surface area contributed by atoms with E-state index in [0.717, 1.165) is 16.2 Å². The Morgan fingerprint density at radius 3 is 2.30 bits per heavy atom. The average molecular weight is 422 g/mol. The summed E-state index contributed by atoms with van der Waals surface area (Å²) in [5.74, 6) is 0.815. The van der Waals surface area contributed by atoms with E-state index in [9.17, 15) is 9.59 Å². The van der Waals surface area contributed by atoms with Crippen LogP contribution in [0.1, 0.15) is 33.2 Å². The standard InChI is InChI=1S/C24H23NO4S/c1-3-29-24(27)17-9-12-20(13-10-17)25-23(26)18-11-14-22(28-2)19(15-18)16-30-21-7-5-4-6-8-21/h4-15H,3,16H2,1-2H3,(H,25,26). The van der Waals surface area contributed by atoms with E-state index >= 15 is 0 Å². The Hall–Kier alpha value is -3.25. The van der Waals surface area contributed by atoms with E-state index in [-0.39, 0.29) is 11.9 Å². The van der Waals surface area contributed by atoms with Gasteiger partial charge in [-0.25, -0.2) is 4.79 Å². The minimum Gasteiger partial charge on any atom is -0.496 e. The summed E-state index contributed by atoms with van der Waals surface area (Å²) >= 11 is 1.68. The fourth-order valence-corrected chi connectivity index (χ4v) is 3.72. The monoisotopic (exact) mass is 421 g/mol. The van der Waals surface area contributed by atoms with Gasteiger partial charge in [0, 0.05) is 27.5 Å². The number of carbonyl (C=O) groups is 2. The molecule has 0 saturated heterocycles. The molecule has 3 aromatic rings. The number of amides is 1. The van der Waals surface area contributed by atoms with Gasteiger partial charge in [0.25, 0.3) is 5.91 Å². The van der Waals surface area contributed by atoms with Crippen LogP contribution in [0.3, 0.4) is 0 Å². The molecular formula is C24H23NO4S. The van der Waals surface area contributed by atoms with Gasteiger partial charge in [-0.15, -0.1) is 11.8 Å². The van der Waals surface area contributed by atoms with Gasteiger partial charge >= 0.3 is 5.97 Å². The van der Waals surface area contributed by atoms with Gasteiger partial charge in [-0.05, 0) is 61.5 Å². The fraction of sp³-hybridized carbons (Fsp3) is 0.167. The zero-order chi connectivity index (χ0) is 21.3. The summed E-state index contributed by atoms with van der Waals surface area (Å²) in [5, 5.41) is 2.86. The van der Waals surface area contributed by atoms with Crippen LogP contribution < -0.4 is 10.1 Å². The Balaban J connectivity index is 1.70. The van der Waals surface area contributed by atoms with Crippen LogP contribution in [0.25, 0.3) is 0 Å². The summed E-state index contributed by atoms with van der Waals surface area (Å²) in [7, 11) is 1.62. The number of rotatable bonds is 8. The molecule has 0 heterocycles. The topological polar surface area (TPSA) is 64.6 Å². The zero-order valence-corrected chi connectivity index (χ0v) is 17.7. The van der Waals surface area contributed by atoms with E-state index < -0.39 is 0 Å². The van der Waals surface area contributed by atoms with Crippen LogP contribution in [0.15, 0.2) is 77.7 Å². The molecule has 5 nitrogen and oxygen atoms in total. The molecular weight excluding hydrogens is 398 g/mol. The molecule has 0 spiro atoms. The van der Waals surface area contributed by atoms with Crippen LogP contribution in [-0.4, -0.2) is 25.6 Å². The van der Waals surface area contributed by atoms with E-state index in [1.54, 1.807) is 62.2 Å². The summed E-state index contributed by atoms with van der Waals surface area (Å²) in [6.07, 6.45) is 0. The molecule has 0 aromatic heterocycles. The summed E-state index contributed by atoms with van der Waals surface area (Å²) < 4.78 is 10.4. The fourth-order valence-electron chi connectivity index (χ4n) is 2.82. The molecule has 154 valence electrons. The maximum atomic E-state index is 12.7. The maximum Gasteiger partial charge on any atom is 0.338 e. The number of nitrogens with one attached hydrogen (secondary N) is 1. The summed E-state index contributed by atoms with van der Waals surface area (Å²) in [6.45, 7) is 2.08. The minimum absolute atomic E-state index is 0.229. The quantitative estimate of drug-likeness (QED) is 0.389. The first kappa shape index (κ1) is 21.5. The van der Waals surface area contributed by atoms with Crippen molar-refractivity contribution in [2.45, 2.75) is 17.6 Å². The normalized spacial score (nSPS) is 10.3. The summed E-state index contributed by atoms with van der Waals surface area (Å²) in [6, 6.07) is 22.1. The smallest absolute Gasteiger partial charge is 0.338 e. The molecule has 1 N–H and O–H groups in total. The van der Waals surface area contributed by atoms with Crippen molar-refractivity contribution in [2.75, 3.05) is 19.0 Å². The van der Waals surface area contributed by atoms with Crippen LogP contribution in [-0.2, 0) is 10.5 Å². The van der Waals surface area contributed by atoms with E-state index in [1.807, 2.05) is 36.4 Å². The van der Waals surface area contributed by atoms with Crippen molar-refractivity contribution in [3.8, 4) is 5.75 Å². The van der Waals surface area contributed by atoms with Crippen molar-refractivity contribution in [3.63, 3.8) is 0 Å². The number of anilines is 1. The highest BCUT2D eigenvalue weighted by Crippen LogP contribution is 2.29. The molecule has 0 aliphatic rings. The minimum atomic E-state index is -0.383. The molecule has 1 amide bonds. The Morgan fingerprint density at radius 1 is 0.933 bits per heavy atom. The first-order chi connectivity index (χ1) is 14.6. The number of methoxy groups -OCH3 is 1. The van der Waals surface area contributed by atoms with Crippen LogP contribution in [0.5, 0.6) is 5.75 Å².